The van der Waals surface area contributed by atoms with E-state index < -0.39 is 32.8 Å². The number of halogens is 1. The lowest BCUT2D eigenvalue weighted by atomic mass is 10.2. The van der Waals surface area contributed by atoms with Gasteiger partial charge in [-0.05, 0) is 24.6 Å². The molecule has 1 aromatic rings. The third-order valence-electron chi connectivity index (χ3n) is 3.09. The predicted octanol–water partition coefficient (Wildman–Crippen LogP) is 0.368. The molecule has 110 valence electrons. The predicted molar refractivity (Wildman–Crippen MR) is 67.1 cm³/mol. The fraction of sp³-hybridized carbons (Fsp3) is 0.417. The quantitative estimate of drug-likeness (QED) is 0.816. The van der Waals surface area contributed by atoms with Crippen LogP contribution in [0.4, 0.5) is 4.39 Å². The van der Waals surface area contributed by atoms with E-state index in [-0.39, 0.29) is 18.7 Å². The molecule has 0 radical (unpaired) electrons. The van der Waals surface area contributed by atoms with Gasteiger partial charge in [0.25, 0.3) is 0 Å². The summed E-state index contributed by atoms with van der Waals surface area (Å²) in [5.41, 5.74) is -0.227. The number of rotatable bonds is 3. The number of hydrogen-bond donors (Lipinski definition) is 1. The summed E-state index contributed by atoms with van der Waals surface area (Å²) in [6, 6.07) is 2.84. The fourth-order valence-electron chi connectivity index (χ4n) is 2.06. The average Bonchev–Trinajstić information content (AvgIpc) is 2.85. The highest BCUT2D eigenvalue weighted by molar-refractivity contribution is 7.89. The number of hydrogen-bond acceptors (Lipinski definition) is 5. The molecule has 1 fully saturated rings. The van der Waals surface area contributed by atoms with Crippen LogP contribution in [-0.4, -0.2) is 50.1 Å². The van der Waals surface area contributed by atoms with Crippen LogP contribution < -0.4 is 0 Å². The van der Waals surface area contributed by atoms with Crippen LogP contribution >= 0.6 is 0 Å². The minimum atomic E-state index is -4.05. The van der Waals surface area contributed by atoms with E-state index in [2.05, 4.69) is 4.74 Å². The van der Waals surface area contributed by atoms with Gasteiger partial charge in [-0.25, -0.2) is 17.6 Å². The van der Waals surface area contributed by atoms with Crippen LogP contribution in [0.5, 0.6) is 0 Å². The third kappa shape index (κ3) is 2.67. The molecule has 20 heavy (non-hydrogen) atoms. The minimum Gasteiger partial charge on any atom is -0.465 e. The number of nitrogens with zero attached hydrogens (tertiary/aromatic N) is 1. The number of aliphatic hydroxyl groups is 1. The number of sulfonamides is 1. The van der Waals surface area contributed by atoms with Crippen molar-refractivity contribution in [3.63, 3.8) is 0 Å². The van der Waals surface area contributed by atoms with E-state index in [9.17, 15) is 22.7 Å². The van der Waals surface area contributed by atoms with Crippen molar-refractivity contribution in [3.05, 3.63) is 29.6 Å². The van der Waals surface area contributed by atoms with E-state index in [4.69, 9.17) is 0 Å². The monoisotopic (exact) mass is 303 g/mol. The number of carbonyl (C=O) groups excluding carboxylic acids is 1. The molecule has 1 aliphatic rings. The Labute approximate surface area is 115 Å². The van der Waals surface area contributed by atoms with Crippen molar-refractivity contribution in [2.45, 2.75) is 17.4 Å². The maximum Gasteiger partial charge on any atom is 0.339 e. The highest BCUT2D eigenvalue weighted by atomic mass is 32.2. The Bertz CT molecular complexity index is 631. The van der Waals surface area contributed by atoms with Crippen molar-refractivity contribution in [1.82, 2.24) is 4.31 Å². The smallest absolute Gasteiger partial charge is 0.339 e. The largest absolute Gasteiger partial charge is 0.465 e. The molecule has 0 spiro atoms. The van der Waals surface area contributed by atoms with Gasteiger partial charge in [-0.1, -0.05) is 0 Å². The van der Waals surface area contributed by atoms with E-state index in [0.717, 1.165) is 29.6 Å². The van der Waals surface area contributed by atoms with Crippen molar-refractivity contribution >= 4 is 16.0 Å². The molecule has 0 aromatic heterocycles. The molecule has 1 aliphatic heterocycles. The van der Waals surface area contributed by atoms with Crippen LogP contribution in [0, 0.1) is 5.82 Å². The van der Waals surface area contributed by atoms with Gasteiger partial charge in [-0.2, -0.15) is 4.31 Å². The van der Waals surface area contributed by atoms with Gasteiger partial charge in [0, 0.05) is 13.1 Å². The molecule has 0 bridgehead atoms. The van der Waals surface area contributed by atoms with Crippen molar-refractivity contribution < 1.29 is 27.4 Å². The normalized spacial score (nSPS) is 20.1. The fourth-order valence-corrected chi connectivity index (χ4v) is 3.74. The summed E-state index contributed by atoms with van der Waals surface area (Å²) in [7, 11) is -2.93. The number of β-amino-alcohol motifs (C(OH)–C–C–N with tert-alkyl or cyclic N) is 1. The Morgan fingerprint density at radius 2 is 2.20 bits per heavy atom. The first-order valence-electron chi connectivity index (χ1n) is 5.92. The number of esters is 1. The van der Waals surface area contributed by atoms with Crippen molar-refractivity contribution in [1.29, 1.82) is 0 Å². The van der Waals surface area contributed by atoms with Gasteiger partial charge < -0.3 is 9.84 Å². The Hall–Kier alpha value is -1.51. The van der Waals surface area contributed by atoms with E-state index >= 15 is 0 Å². The first-order valence-corrected chi connectivity index (χ1v) is 7.36. The zero-order valence-electron chi connectivity index (χ0n) is 10.7. The molecule has 1 N–H and O–H groups in total. The molecule has 1 aromatic carbocycles. The topological polar surface area (TPSA) is 83.9 Å². The van der Waals surface area contributed by atoms with Gasteiger partial charge in [0.1, 0.15) is 5.82 Å². The molecule has 0 unspecified atom stereocenters. The lowest BCUT2D eigenvalue weighted by molar-refractivity contribution is 0.0596. The van der Waals surface area contributed by atoms with Crippen molar-refractivity contribution in [2.24, 2.45) is 0 Å². The van der Waals surface area contributed by atoms with E-state index in [1.54, 1.807) is 0 Å². The first-order chi connectivity index (χ1) is 9.36. The molecule has 2 rings (SSSR count). The molecule has 1 atom stereocenters. The third-order valence-corrected chi connectivity index (χ3v) is 5.00. The first kappa shape index (κ1) is 14.9. The highest BCUT2D eigenvalue weighted by Gasteiger charge is 2.34. The zero-order valence-corrected chi connectivity index (χ0v) is 11.6. The Balaban J connectivity index is 2.50. The second-order valence-corrected chi connectivity index (χ2v) is 6.34. The number of ether oxygens (including phenoxy) is 1. The van der Waals surface area contributed by atoms with Crippen LogP contribution in [-0.2, 0) is 14.8 Å². The summed E-state index contributed by atoms with van der Waals surface area (Å²) in [6.45, 7) is 0.0556. The van der Waals surface area contributed by atoms with Crippen molar-refractivity contribution in [3.8, 4) is 0 Å². The number of benzene rings is 1. The SMILES string of the molecule is COC(=O)c1ccc(F)cc1S(=O)(=O)N1CC[C@@H](O)C1. The van der Waals surface area contributed by atoms with Gasteiger partial charge in [0.15, 0.2) is 0 Å². The number of methoxy groups -OCH3 is 1. The lowest BCUT2D eigenvalue weighted by Gasteiger charge is -2.17. The standard InChI is InChI=1S/C12H14FNO5S/c1-19-12(16)10-3-2-8(13)6-11(10)20(17,18)14-5-4-9(15)7-14/h2-3,6,9,15H,4-5,7H2,1H3/t9-/m1/s1. The van der Waals surface area contributed by atoms with Gasteiger partial charge in [-0.3, -0.25) is 0 Å². The summed E-state index contributed by atoms with van der Waals surface area (Å²) >= 11 is 0. The second kappa shape index (κ2) is 5.47. The van der Waals surface area contributed by atoms with E-state index in [0.29, 0.717) is 6.42 Å². The summed E-state index contributed by atoms with van der Waals surface area (Å²) in [5.74, 6) is -1.63. The Morgan fingerprint density at radius 1 is 1.50 bits per heavy atom. The Morgan fingerprint density at radius 3 is 2.75 bits per heavy atom. The molecular formula is C12H14FNO5S. The minimum absolute atomic E-state index is 0.0700. The molecule has 0 amide bonds. The molecule has 0 aliphatic carbocycles. The molecule has 1 saturated heterocycles. The summed E-state index contributed by atoms with van der Waals surface area (Å²) in [4.78, 5) is 11.1. The number of aliphatic hydroxyl groups excluding tert-OH is 1. The lowest BCUT2D eigenvalue weighted by Crippen LogP contribution is -2.31. The van der Waals surface area contributed by atoms with Crippen LogP contribution in [0.15, 0.2) is 23.1 Å². The highest BCUT2D eigenvalue weighted by Crippen LogP contribution is 2.25. The molecule has 8 heteroatoms. The molecule has 1 heterocycles. The van der Waals surface area contributed by atoms with Gasteiger partial charge in [0.2, 0.25) is 10.0 Å². The maximum absolute atomic E-state index is 13.3. The van der Waals surface area contributed by atoms with Crippen LogP contribution in [0.3, 0.4) is 0 Å². The zero-order chi connectivity index (χ0) is 14.9. The van der Waals surface area contributed by atoms with Gasteiger partial charge >= 0.3 is 5.97 Å². The van der Waals surface area contributed by atoms with Crippen molar-refractivity contribution in [2.75, 3.05) is 20.2 Å². The second-order valence-electron chi connectivity index (χ2n) is 4.44. The van der Waals surface area contributed by atoms with Crippen LogP contribution in [0.25, 0.3) is 0 Å². The summed E-state index contributed by atoms with van der Waals surface area (Å²) in [5, 5.41) is 9.42. The van der Waals surface area contributed by atoms with E-state index in [1.165, 1.54) is 0 Å². The van der Waals surface area contributed by atoms with Crippen LogP contribution in [0.1, 0.15) is 16.8 Å². The van der Waals surface area contributed by atoms with Gasteiger partial charge in [-0.15, -0.1) is 0 Å². The van der Waals surface area contributed by atoms with Gasteiger partial charge in [0.05, 0.1) is 23.7 Å². The number of carbonyl (C=O) groups is 1. The van der Waals surface area contributed by atoms with E-state index in [1.807, 2.05) is 0 Å². The average molecular weight is 303 g/mol. The summed E-state index contributed by atoms with van der Waals surface area (Å²) in [6.07, 6.45) is -0.442. The Kier molecular flexibility index (Phi) is 4.07. The summed E-state index contributed by atoms with van der Waals surface area (Å²) < 4.78 is 43.7. The maximum atomic E-state index is 13.3. The van der Waals surface area contributed by atoms with Crippen LogP contribution in [0.2, 0.25) is 0 Å². The molecule has 0 saturated carbocycles. The molecule has 6 nitrogen and oxygen atoms in total. The molecular weight excluding hydrogens is 289 g/mol.